The molecule has 13 aromatic rings. The van der Waals surface area contributed by atoms with Crippen LogP contribution in [-0.4, -0.2) is 13.7 Å². The molecule has 13 rings (SSSR count). The first kappa shape index (κ1) is 37.9. The fourth-order valence-corrected chi connectivity index (χ4v) is 10.0. The van der Waals surface area contributed by atoms with E-state index >= 15 is 0 Å². The lowest BCUT2D eigenvalue weighted by molar-refractivity contribution is 0.673. The van der Waals surface area contributed by atoms with Crippen LogP contribution < -0.4 is 0 Å². The molecule has 0 unspecified atom stereocenters. The van der Waals surface area contributed by atoms with Crippen LogP contribution in [0.5, 0.6) is 0 Å². The van der Waals surface area contributed by atoms with Gasteiger partial charge in [-0.15, -0.1) is 0 Å². The van der Waals surface area contributed by atoms with Crippen molar-refractivity contribution in [3.63, 3.8) is 0 Å². The molecule has 0 aliphatic carbocycles. The predicted octanol–water partition coefficient (Wildman–Crippen LogP) is 15.7. The monoisotopic (exact) mass is 833 g/mol. The first-order chi connectivity index (χ1) is 32.1. The van der Waals surface area contributed by atoms with Crippen molar-refractivity contribution < 1.29 is 4.42 Å². The minimum absolute atomic E-state index is 0.455. The third kappa shape index (κ3) is 5.65. The van der Waals surface area contributed by atoms with Gasteiger partial charge in [-0.05, 0) is 96.1 Å². The topological polar surface area (TPSA) is 75.5 Å². The molecule has 6 nitrogen and oxygen atoms in total. The maximum absolute atomic E-state index is 11.0. The van der Waals surface area contributed by atoms with Crippen LogP contribution in [0.1, 0.15) is 31.4 Å². The van der Waals surface area contributed by atoms with Crippen LogP contribution in [0.15, 0.2) is 192 Å². The minimum Gasteiger partial charge on any atom is -0.455 e. The first-order valence-electron chi connectivity index (χ1n) is 22.0. The first-order valence-corrected chi connectivity index (χ1v) is 22.0. The number of benzene rings is 9. The van der Waals surface area contributed by atoms with Gasteiger partial charge < -0.3 is 18.1 Å². The number of fused-ring (bicyclic) bond motifs is 13. The second-order valence-corrected chi connectivity index (χ2v) is 16.6. The number of para-hydroxylation sites is 5. The molecule has 0 bridgehead atoms. The van der Waals surface area contributed by atoms with Gasteiger partial charge in [0, 0.05) is 43.4 Å². The molecule has 4 heterocycles. The van der Waals surface area contributed by atoms with Crippen LogP contribution in [0.25, 0.3) is 116 Å². The second kappa shape index (κ2) is 14.9. The zero-order valence-corrected chi connectivity index (χ0v) is 35.7. The third-order valence-electron chi connectivity index (χ3n) is 12.7. The average molecular weight is 834 g/mol. The summed E-state index contributed by atoms with van der Waals surface area (Å²) in [7, 11) is 0. The number of nitrogens with zero attached hydrogens (tertiary/aromatic N) is 5. The Hall–Kier alpha value is -8.84. The summed E-state index contributed by atoms with van der Waals surface area (Å²) in [5.74, 6) is 0. The predicted molar refractivity (Wildman–Crippen MR) is 268 cm³/mol. The van der Waals surface area contributed by atoms with E-state index < -0.39 is 0 Å². The van der Waals surface area contributed by atoms with Crippen molar-refractivity contribution in [2.75, 3.05) is 0 Å². The van der Waals surface area contributed by atoms with E-state index in [0.717, 1.165) is 87.9 Å². The third-order valence-corrected chi connectivity index (χ3v) is 12.7. The lowest BCUT2D eigenvalue weighted by atomic mass is 10.0. The fourth-order valence-electron chi connectivity index (χ4n) is 10.0. The fraction of sp³-hybridized carbons (Fsp3) is 0.0508. The van der Waals surface area contributed by atoms with Crippen molar-refractivity contribution >= 4 is 87.4 Å². The summed E-state index contributed by atoms with van der Waals surface area (Å²) in [6.45, 7) is 4.25. The zero-order chi connectivity index (χ0) is 43.8. The number of hydrogen-bond acceptors (Lipinski definition) is 3. The molecule has 0 amide bonds. The van der Waals surface area contributed by atoms with Gasteiger partial charge in [0.1, 0.15) is 23.3 Å². The number of rotatable bonds is 4. The summed E-state index contributed by atoms with van der Waals surface area (Å²) in [6, 6.07) is 70.0. The van der Waals surface area contributed by atoms with E-state index in [1.807, 2.05) is 54.6 Å². The van der Waals surface area contributed by atoms with E-state index in [1.165, 1.54) is 22.7 Å². The van der Waals surface area contributed by atoms with E-state index in [2.05, 4.69) is 173 Å². The van der Waals surface area contributed by atoms with Crippen molar-refractivity contribution in [3.8, 4) is 40.3 Å². The molecule has 0 aliphatic rings. The molecular weight excluding hydrogens is 795 g/mol. The van der Waals surface area contributed by atoms with Gasteiger partial charge in [0.05, 0.1) is 61.0 Å². The van der Waals surface area contributed by atoms with Crippen molar-refractivity contribution in [3.05, 3.63) is 199 Å². The molecule has 0 aliphatic heterocycles. The van der Waals surface area contributed by atoms with E-state index in [4.69, 9.17) is 4.42 Å². The Kier molecular flexibility index (Phi) is 8.69. The normalized spacial score (nSPS) is 11.6. The Morgan fingerprint density at radius 3 is 1.45 bits per heavy atom. The molecule has 0 atom stereocenters. The molecule has 0 radical (unpaired) electrons. The Labute approximate surface area is 374 Å². The van der Waals surface area contributed by atoms with Crippen LogP contribution in [0.2, 0.25) is 0 Å². The maximum atomic E-state index is 11.0. The van der Waals surface area contributed by atoms with E-state index in [9.17, 15) is 10.5 Å². The Bertz CT molecular complexity index is 4150. The van der Waals surface area contributed by atoms with Crippen LogP contribution in [0, 0.1) is 22.7 Å². The number of hydrogen-bond donors (Lipinski definition) is 0. The van der Waals surface area contributed by atoms with Gasteiger partial charge in [-0.3, -0.25) is 0 Å². The van der Waals surface area contributed by atoms with Gasteiger partial charge in [0.2, 0.25) is 0 Å². The standard InChI is InChI=1S/C56H31N5O.C3H8/c57-32-36-31-53(61-48-20-10-6-17-43(48)55-51(61)27-24-42-41-16-7-11-21-54(41)62-56(42)55)37(33-58)30-52(36)60-47-19-9-5-15-40(47)45-29-35(23-26-50(45)60)34-22-25-49-44(28-34)39-14-4-8-18-46(39)59(49)38-12-2-1-3-13-38;1-3-2/h1-31H;3H2,1-2H3. The largest absolute Gasteiger partial charge is 0.455 e. The summed E-state index contributed by atoms with van der Waals surface area (Å²) < 4.78 is 13.1. The maximum Gasteiger partial charge on any atom is 0.145 e. The zero-order valence-electron chi connectivity index (χ0n) is 35.7. The average Bonchev–Trinajstić information content (AvgIpc) is 4.10. The summed E-state index contributed by atoms with van der Waals surface area (Å²) in [6.07, 6.45) is 1.25. The lowest BCUT2D eigenvalue weighted by Gasteiger charge is -2.15. The summed E-state index contributed by atoms with van der Waals surface area (Å²) in [5.41, 5.74) is 13.2. The molecule has 9 aromatic carbocycles. The molecule has 6 heteroatoms. The molecule has 0 N–H and O–H groups in total. The van der Waals surface area contributed by atoms with E-state index in [-0.39, 0.29) is 0 Å². The van der Waals surface area contributed by atoms with Gasteiger partial charge in [0.15, 0.2) is 0 Å². The minimum atomic E-state index is 0.455. The Balaban J connectivity index is 0.00000144. The van der Waals surface area contributed by atoms with E-state index in [1.54, 1.807) is 0 Å². The highest BCUT2D eigenvalue weighted by Gasteiger charge is 2.23. The molecule has 0 fully saturated rings. The van der Waals surface area contributed by atoms with Crippen LogP contribution >= 0.6 is 0 Å². The Morgan fingerprint density at radius 1 is 0.400 bits per heavy atom. The van der Waals surface area contributed by atoms with Crippen LogP contribution in [0.3, 0.4) is 0 Å². The van der Waals surface area contributed by atoms with Crippen molar-refractivity contribution in [2.45, 2.75) is 20.3 Å². The van der Waals surface area contributed by atoms with Gasteiger partial charge in [-0.25, -0.2) is 0 Å². The number of aromatic nitrogens is 3. The summed E-state index contributed by atoms with van der Waals surface area (Å²) in [5, 5.41) is 30.5. The molecule has 4 aromatic heterocycles. The van der Waals surface area contributed by atoms with Crippen molar-refractivity contribution in [1.82, 2.24) is 13.7 Å². The highest BCUT2D eigenvalue weighted by atomic mass is 16.3. The van der Waals surface area contributed by atoms with Crippen molar-refractivity contribution in [2.24, 2.45) is 0 Å². The lowest BCUT2D eigenvalue weighted by Crippen LogP contribution is -2.04. The number of nitriles is 2. The summed E-state index contributed by atoms with van der Waals surface area (Å²) in [4.78, 5) is 0. The molecule has 0 spiro atoms. The van der Waals surface area contributed by atoms with Gasteiger partial charge in [-0.2, -0.15) is 10.5 Å². The molecular formula is C59H39N5O. The molecule has 0 saturated carbocycles. The van der Waals surface area contributed by atoms with Crippen molar-refractivity contribution in [1.29, 1.82) is 10.5 Å². The van der Waals surface area contributed by atoms with Gasteiger partial charge >= 0.3 is 0 Å². The van der Waals surface area contributed by atoms with Gasteiger partial charge in [-0.1, -0.05) is 123 Å². The molecule has 0 saturated heterocycles. The van der Waals surface area contributed by atoms with E-state index in [0.29, 0.717) is 22.5 Å². The highest BCUT2D eigenvalue weighted by molar-refractivity contribution is 6.24. The van der Waals surface area contributed by atoms with Gasteiger partial charge in [0.25, 0.3) is 0 Å². The van der Waals surface area contributed by atoms with Crippen LogP contribution in [-0.2, 0) is 0 Å². The van der Waals surface area contributed by atoms with Crippen LogP contribution in [0.4, 0.5) is 0 Å². The Morgan fingerprint density at radius 2 is 0.846 bits per heavy atom. The number of furan rings is 1. The SMILES string of the molecule is CCC.N#Cc1cc(-n2c3ccccc3c3c4oc5ccccc5c4ccc32)c(C#N)cc1-n1c2ccccc2c2cc(-c3ccc4c(c3)c3ccccc3n4-c3ccccc3)ccc21. The summed E-state index contributed by atoms with van der Waals surface area (Å²) >= 11 is 0. The highest BCUT2D eigenvalue weighted by Crippen LogP contribution is 2.43. The molecule has 65 heavy (non-hydrogen) atoms. The quantitative estimate of drug-likeness (QED) is 0.177. The molecule has 306 valence electrons. The smallest absolute Gasteiger partial charge is 0.145 e. The second-order valence-electron chi connectivity index (χ2n) is 16.6.